The molecule has 0 spiro atoms. The molecule has 18 heavy (non-hydrogen) atoms. The summed E-state index contributed by atoms with van der Waals surface area (Å²) in [6.45, 7) is 3.50. The number of aryl methyl sites for hydroxylation is 1. The van der Waals surface area contributed by atoms with E-state index >= 15 is 0 Å². The topological polar surface area (TPSA) is 89.3 Å². The highest BCUT2D eigenvalue weighted by atomic mass is 32.2. The van der Waals surface area contributed by atoms with Gasteiger partial charge < -0.3 is 11.1 Å². The highest BCUT2D eigenvalue weighted by molar-refractivity contribution is 7.91. The van der Waals surface area contributed by atoms with Crippen molar-refractivity contribution in [3.05, 3.63) is 29.3 Å². The number of amides is 1. The molecule has 100 valence electrons. The highest BCUT2D eigenvalue weighted by Gasteiger charge is 2.11. The molecule has 0 fully saturated rings. The molecule has 0 aliphatic heterocycles. The van der Waals surface area contributed by atoms with Gasteiger partial charge in [-0.05, 0) is 24.6 Å². The van der Waals surface area contributed by atoms with Gasteiger partial charge in [-0.1, -0.05) is 13.0 Å². The minimum Gasteiger partial charge on any atom is -0.399 e. The molecule has 5 nitrogen and oxygen atoms in total. The number of hydrogen-bond acceptors (Lipinski definition) is 4. The average molecular weight is 270 g/mol. The van der Waals surface area contributed by atoms with Crippen molar-refractivity contribution in [2.75, 3.05) is 23.8 Å². The van der Waals surface area contributed by atoms with Crippen LogP contribution < -0.4 is 11.1 Å². The fraction of sp³-hybridized carbons (Fsp3) is 0.417. The first-order chi connectivity index (χ1) is 8.35. The Morgan fingerprint density at radius 2 is 2.06 bits per heavy atom. The van der Waals surface area contributed by atoms with Crippen molar-refractivity contribution in [1.82, 2.24) is 5.32 Å². The normalized spacial score (nSPS) is 11.2. The standard InChI is InChI=1S/C12H18N2O3S/c1-3-18(16,17)7-6-14-12(15)11-8-10(13)5-4-9(11)2/h4-5,8H,3,6-7,13H2,1-2H3,(H,14,15). The number of benzene rings is 1. The summed E-state index contributed by atoms with van der Waals surface area (Å²) >= 11 is 0. The van der Waals surface area contributed by atoms with Gasteiger partial charge in [0.15, 0.2) is 9.84 Å². The lowest BCUT2D eigenvalue weighted by molar-refractivity contribution is 0.0955. The van der Waals surface area contributed by atoms with Crippen LogP contribution in [0.1, 0.15) is 22.8 Å². The van der Waals surface area contributed by atoms with E-state index in [1.165, 1.54) is 0 Å². The van der Waals surface area contributed by atoms with Crippen LogP contribution in [0.4, 0.5) is 5.69 Å². The van der Waals surface area contributed by atoms with E-state index in [4.69, 9.17) is 5.73 Å². The first kappa shape index (κ1) is 14.5. The van der Waals surface area contributed by atoms with Crippen molar-refractivity contribution >= 4 is 21.4 Å². The summed E-state index contributed by atoms with van der Waals surface area (Å²) in [6, 6.07) is 5.06. The Morgan fingerprint density at radius 1 is 1.39 bits per heavy atom. The molecule has 0 saturated carbocycles. The molecule has 0 atom stereocenters. The van der Waals surface area contributed by atoms with Crippen LogP contribution in [0.5, 0.6) is 0 Å². The van der Waals surface area contributed by atoms with Gasteiger partial charge in [-0.2, -0.15) is 0 Å². The lowest BCUT2D eigenvalue weighted by Crippen LogP contribution is -2.30. The van der Waals surface area contributed by atoms with Crippen LogP contribution >= 0.6 is 0 Å². The molecule has 1 rings (SSSR count). The van der Waals surface area contributed by atoms with Gasteiger partial charge in [0.05, 0.1) is 5.75 Å². The molecule has 1 amide bonds. The molecule has 3 N–H and O–H groups in total. The minimum absolute atomic E-state index is 0.0450. The Bertz CT molecular complexity index is 538. The van der Waals surface area contributed by atoms with E-state index in [2.05, 4.69) is 5.32 Å². The number of hydrogen-bond donors (Lipinski definition) is 2. The Hall–Kier alpha value is -1.56. The summed E-state index contributed by atoms with van der Waals surface area (Å²) in [5.41, 5.74) is 7.40. The van der Waals surface area contributed by atoms with E-state index in [0.717, 1.165) is 5.56 Å². The van der Waals surface area contributed by atoms with Gasteiger partial charge >= 0.3 is 0 Å². The van der Waals surface area contributed by atoms with Crippen LogP contribution in [0.3, 0.4) is 0 Å². The van der Waals surface area contributed by atoms with E-state index in [0.29, 0.717) is 11.3 Å². The second-order valence-electron chi connectivity index (χ2n) is 4.07. The van der Waals surface area contributed by atoms with Gasteiger partial charge in [-0.25, -0.2) is 8.42 Å². The fourth-order valence-corrected chi connectivity index (χ4v) is 2.15. The third-order valence-corrected chi connectivity index (χ3v) is 4.35. The van der Waals surface area contributed by atoms with E-state index < -0.39 is 9.84 Å². The molecule has 0 saturated heterocycles. The van der Waals surface area contributed by atoms with E-state index in [1.807, 2.05) is 0 Å². The van der Waals surface area contributed by atoms with E-state index in [-0.39, 0.29) is 24.0 Å². The quantitative estimate of drug-likeness (QED) is 0.772. The summed E-state index contributed by atoms with van der Waals surface area (Å²) in [5, 5.41) is 2.58. The Kier molecular flexibility index (Phi) is 4.72. The van der Waals surface area contributed by atoms with E-state index in [9.17, 15) is 13.2 Å². The Morgan fingerprint density at radius 3 is 2.67 bits per heavy atom. The first-order valence-corrected chi connectivity index (χ1v) is 7.52. The smallest absolute Gasteiger partial charge is 0.251 e. The monoisotopic (exact) mass is 270 g/mol. The number of nitrogen functional groups attached to an aromatic ring is 1. The molecule has 0 aromatic heterocycles. The van der Waals surface area contributed by atoms with Crippen LogP contribution in [-0.4, -0.2) is 32.4 Å². The van der Waals surface area contributed by atoms with Crippen molar-refractivity contribution in [3.8, 4) is 0 Å². The van der Waals surface area contributed by atoms with Crippen molar-refractivity contribution < 1.29 is 13.2 Å². The molecule has 0 aliphatic carbocycles. The van der Waals surface area contributed by atoms with Gasteiger partial charge in [0, 0.05) is 23.5 Å². The molecular weight excluding hydrogens is 252 g/mol. The molecule has 6 heteroatoms. The number of carbonyl (C=O) groups excluding carboxylic acids is 1. The Labute approximate surface area is 107 Å². The molecule has 1 aromatic carbocycles. The van der Waals surface area contributed by atoms with Gasteiger partial charge in [0.1, 0.15) is 0 Å². The second kappa shape index (κ2) is 5.86. The zero-order valence-electron chi connectivity index (χ0n) is 10.6. The lowest BCUT2D eigenvalue weighted by atomic mass is 10.1. The number of anilines is 1. The zero-order chi connectivity index (χ0) is 13.8. The molecule has 0 heterocycles. The third-order valence-electron chi connectivity index (χ3n) is 2.64. The maximum Gasteiger partial charge on any atom is 0.251 e. The predicted molar refractivity (Wildman–Crippen MR) is 72.3 cm³/mol. The number of rotatable bonds is 5. The molecular formula is C12H18N2O3S. The lowest BCUT2D eigenvalue weighted by Gasteiger charge is -2.08. The summed E-state index contributed by atoms with van der Waals surface area (Å²) in [5.74, 6) is -0.261. The van der Waals surface area contributed by atoms with Crippen LogP contribution in [-0.2, 0) is 9.84 Å². The van der Waals surface area contributed by atoms with Crippen LogP contribution in [0.2, 0.25) is 0 Å². The molecule has 0 radical (unpaired) electrons. The number of nitrogens with one attached hydrogen (secondary N) is 1. The van der Waals surface area contributed by atoms with Crippen molar-refractivity contribution in [1.29, 1.82) is 0 Å². The number of sulfone groups is 1. The van der Waals surface area contributed by atoms with Crippen LogP contribution in [0.25, 0.3) is 0 Å². The maximum absolute atomic E-state index is 11.8. The van der Waals surface area contributed by atoms with Crippen molar-refractivity contribution in [2.24, 2.45) is 0 Å². The molecule has 0 unspecified atom stereocenters. The molecule has 1 aromatic rings. The highest BCUT2D eigenvalue weighted by Crippen LogP contribution is 2.12. The molecule has 0 bridgehead atoms. The van der Waals surface area contributed by atoms with Gasteiger partial charge in [-0.15, -0.1) is 0 Å². The summed E-state index contributed by atoms with van der Waals surface area (Å²) in [7, 11) is -3.06. The first-order valence-electron chi connectivity index (χ1n) is 5.70. The number of carbonyl (C=O) groups is 1. The van der Waals surface area contributed by atoms with Crippen molar-refractivity contribution in [2.45, 2.75) is 13.8 Å². The number of nitrogens with two attached hydrogens (primary N) is 1. The second-order valence-corrected chi connectivity index (χ2v) is 6.54. The van der Waals surface area contributed by atoms with E-state index in [1.54, 1.807) is 32.0 Å². The largest absolute Gasteiger partial charge is 0.399 e. The van der Waals surface area contributed by atoms with Gasteiger partial charge in [0.2, 0.25) is 0 Å². The van der Waals surface area contributed by atoms with Crippen LogP contribution in [0.15, 0.2) is 18.2 Å². The average Bonchev–Trinajstić information content (AvgIpc) is 2.32. The zero-order valence-corrected chi connectivity index (χ0v) is 11.4. The summed E-state index contributed by atoms with van der Waals surface area (Å²) in [6.07, 6.45) is 0. The summed E-state index contributed by atoms with van der Waals surface area (Å²) in [4.78, 5) is 11.8. The van der Waals surface area contributed by atoms with Gasteiger partial charge in [0.25, 0.3) is 5.91 Å². The Balaban J connectivity index is 2.64. The summed E-state index contributed by atoms with van der Waals surface area (Å²) < 4.78 is 22.5. The molecule has 0 aliphatic rings. The van der Waals surface area contributed by atoms with Gasteiger partial charge in [-0.3, -0.25) is 4.79 Å². The minimum atomic E-state index is -3.06. The predicted octanol–water partition coefficient (Wildman–Crippen LogP) is 0.742. The maximum atomic E-state index is 11.8. The SMILES string of the molecule is CCS(=O)(=O)CCNC(=O)c1cc(N)ccc1C. The van der Waals surface area contributed by atoms with Crippen LogP contribution in [0, 0.1) is 6.92 Å². The fourth-order valence-electron chi connectivity index (χ4n) is 1.44. The third kappa shape index (κ3) is 4.03. The van der Waals surface area contributed by atoms with Crippen molar-refractivity contribution in [3.63, 3.8) is 0 Å².